The van der Waals surface area contributed by atoms with Crippen molar-refractivity contribution in [1.29, 1.82) is 0 Å². The third-order valence-electron chi connectivity index (χ3n) is 3.16. The van der Waals surface area contributed by atoms with Crippen LogP contribution >= 0.6 is 12.2 Å². The van der Waals surface area contributed by atoms with Gasteiger partial charge in [-0.15, -0.1) is 0 Å². The predicted octanol–water partition coefficient (Wildman–Crippen LogP) is 2.92. The monoisotopic (exact) mass is 302 g/mol. The van der Waals surface area contributed by atoms with Crippen LogP contribution in [0.25, 0.3) is 0 Å². The Morgan fingerprint density at radius 1 is 1.29 bits per heavy atom. The van der Waals surface area contributed by atoms with Gasteiger partial charge in [0, 0.05) is 11.8 Å². The average molecular weight is 302 g/mol. The quantitative estimate of drug-likeness (QED) is 0.861. The summed E-state index contributed by atoms with van der Waals surface area (Å²) in [6, 6.07) is 7.66. The summed E-state index contributed by atoms with van der Waals surface area (Å²) >= 11 is 5.01. The average Bonchev–Trinajstić information content (AvgIpc) is 2.46. The maximum absolute atomic E-state index is 5.93. The number of benzene rings is 1. The first-order chi connectivity index (χ1) is 10.0. The first kappa shape index (κ1) is 15.3. The Morgan fingerprint density at radius 2 is 1.95 bits per heavy atom. The minimum absolute atomic E-state index is 0.390. The van der Waals surface area contributed by atoms with Crippen molar-refractivity contribution in [3.8, 4) is 11.6 Å². The second-order valence-corrected chi connectivity index (χ2v) is 5.20. The molecule has 0 aliphatic rings. The molecule has 5 heteroatoms. The van der Waals surface area contributed by atoms with Crippen LogP contribution in [0, 0.1) is 13.8 Å². The lowest BCUT2D eigenvalue weighted by Gasteiger charge is -2.14. The van der Waals surface area contributed by atoms with Crippen LogP contribution in [0.2, 0.25) is 0 Å². The number of nitrogens with zero attached hydrogens (tertiary/aromatic N) is 1. The molecule has 1 aromatic heterocycles. The Bertz CT molecular complexity index is 648. The molecule has 1 heterocycles. The smallest absolute Gasteiger partial charge is 0.219 e. The molecule has 0 saturated heterocycles. The Hall–Kier alpha value is -2.14. The van der Waals surface area contributed by atoms with Gasteiger partial charge in [-0.3, -0.25) is 0 Å². The summed E-state index contributed by atoms with van der Waals surface area (Å²) in [6.45, 7) is 4.35. The third-order valence-corrected chi connectivity index (χ3v) is 3.40. The molecule has 0 aliphatic heterocycles. The third kappa shape index (κ3) is 3.49. The highest BCUT2D eigenvalue weighted by Gasteiger charge is 2.10. The molecule has 0 spiro atoms. The Balaban J connectivity index is 2.22. The Morgan fingerprint density at radius 3 is 2.52 bits per heavy atom. The molecular weight excluding hydrogens is 284 g/mol. The summed E-state index contributed by atoms with van der Waals surface area (Å²) in [7, 11) is 1.60. The van der Waals surface area contributed by atoms with Crippen molar-refractivity contribution >= 4 is 17.2 Å². The van der Waals surface area contributed by atoms with Crippen molar-refractivity contribution in [2.45, 2.75) is 20.5 Å². The van der Waals surface area contributed by atoms with Crippen molar-refractivity contribution in [2.75, 3.05) is 7.11 Å². The summed E-state index contributed by atoms with van der Waals surface area (Å²) < 4.78 is 11.1. The van der Waals surface area contributed by atoms with E-state index in [1.807, 2.05) is 38.1 Å². The SMILES string of the molecule is COc1ncccc1COc1c(C)cc(C(N)=S)cc1C. The summed E-state index contributed by atoms with van der Waals surface area (Å²) in [5.41, 5.74) is 9.42. The van der Waals surface area contributed by atoms with E-state index in [9.17, 15) is 0 Å². The molecule has 2 N–H and O–H groups in total. The number of ether oxygens (including phenoxy) is 2. The molecule has 0 radical (unpaired) electrons. The van der Waals surface area contributed by atoms with Crippen LogP contribution in [0.3, 0.4) is 0 Å². The number of aryl methyl sites for hydroxylation is 2. The molecule has 0 atom stereocenters. The molecule has 4 nitrogen and oxygen atoms in total. The van der Waals surface area contributed by atoms with Gasteiger partial charge in [0.15, 0.2) is 0 Å². The van der Waals surface area contributed by atoms with Gasteiger partial charge >= 0.3 is 0 Å². The fourth-order valence-corrected chi connectivity index (χ4v) is 2.31. The van der Waals surface area contributed by atoms with E-state index < -0.39 is 0 Å². The largest absolute Gasteiger partial charge is 0.488 e. The molecule has 2 aromatic rings. The van der Waals surface area contributed by atoms with E-state index in [-0.39, 0.29) is 0 Å². The molecule has 0 unspecified atom stereocenters. The van der Waals surface area contributed by atoms with Crippen LogP contribution in [0.1, 0.15) is 22.3 Å². The predicted molar refractivity (Wildman–Crippen MR) is 86.9 cm³/mol. The van der Waals surface area contributed by atoms with Gasteiger partial charge in [-0.2, -0.15) is 0 Å². The fourth-order valence-electron chi connectivity index (χ4n) is 2.19. The lowest BCUT2D eigenvalue weighted by Crippen LogP contribution is -2.10. The minimum atomic E-state index is 0.390. The topological polar surface area (TPSA) is 57.4 Å². The molecule has 0 amide bonds. The van der Waals surface area contributed by atoms with Crippen molar-refractivity contribution in [1.82, 2.24) is 4.98 Å². The van der Waals surface area contributed by atoms with Crippen molar-refractivity contribution < 1.29 is 9.47 Å². The van der Waals surface area contributed by atoms with Gasteiger partial charge in [0.25, 0.3) is 0 Å². The highest BCUT2D eigenvalue weighted by Crippen LogP contribution is 2.26. The zero-order chi connectivity index (χ0) is 15.4. The van der Waals surface area contributed by atoms with Crippen LogP contribution in [0.15, 0.2) is 30.5 Å². The molecule has 0 saturated carbocycles. The van der Waals surface area contributed by atoms with Crippen LogP contribution in [0.4, 0.5) is 0 Å². The van der Waals surface area contributed by atoms with Gasteiger partial charge in [0.1, 0.15) is 17.3 Å². The molecule has 1 aromatic carbocycles. The van der Waals surface area contributed by atoms with Crippen LogP contribution in [-0.4, -0.2) is 17.1 Å². The number of pyridine rings is 1. The fraction of sp³-hybridized carbons (Fsp3) is 0.250. The van der Waals surface area contributed by atoms with E-state index in [0.29, 0.717) is 17.5 Å². The summed E-state index contributed by atoms with van der Waals surface area (Å²) in [5, 5.41) is 0. The Labute approximate surface area is 129 Å². The second kappa shape index (κ2) is 6.54. The first-order valence-electron chi connectivity index (χ1n) is 6.54. The normalized spacial score (nSPS) is 10.2. The number of thiocarbonyl (C=S) groups is 1. The van der Waals surface area contributed by atoms with Crippen molar-refractivity contribution in [3.63, 3.8) is 0 Å². The molecule has 21 heavy (non-hydrogen) atoms. The van der Waals surface area contributed by atoms with Gasteiger partial charge in [-0.25, -0.2) is 4.98 Å². The molecule has 110 valence electrons. The maximum Gasteiger partial charge on any atom is 0.219 e. The van der Waals surface area contributed by atoms with E-state index in [2.05, 4.69) is 4.98 Å². The lowest BCUT2D eigenvalue weighted by molar-refractivity contribution is 0.290. The molecule has 2 rings (SSSR count). The number of hydrogen-bond acceptors (Lipinski definition) is 4. The maximum atomic E-state index is 5.93. The van der Waals surface area contributed by atoms with Crippen molar-refractivity contribution in [2.24, 2.45) is 5.73 Å². The summed E-state index contributed by atoms with van der Waals surface area (Å²) in [4.78, 5) is 4.55. The van der Waals surface area contributed by atoms with E-state index in [1.54, 1.807) is 13.3 Å². The molecule has 0 fully saturated rings. The zero-order valence-electron chi connectivity index (χ0n) is 12.3. The highest BCUT2D eigenvalue weighted by atomic mass is 32.1. The van der Waals surface area contributed by atoms with E-state index in [1.165, 1.54) is 0 Å². The Kier molecular flexibility index (Phi) is 4.75. The molecule has 0 bridgehead atoms. The van der Waals surface area contributed by atoms with E-state index in [0.717, 1.165) is 28.0 Å². The highest BCUT2D eigenvalue weighted by molar-refractivity contribution is 7.80. The lowest BCUT2D eigenvalue weighted by atomic mass is 10.1. The number of aromatic nitrogens is 1. The van der Waals surface area contributed by atoms with Gasteiger partial charge in [-0.05, 0) is 49.2 Å². The second-order valence-electron chi connectivity index (χ2n) is 4.76. The summed E-state index contributed by atoms with van der Waals surface area (Å²) in [5.74, 6) is 1.41. The van der Waals surface area contributed by atoms with Gasteiger partial charge in [0.05, 0.1) is 12.7 Å². The molecule has 0 aliphatic carbocycles. The number of methoxy groups -OCH3 is 1. The van der Waals surface area contributed by atoms with Gasteiger partial charge in [-0.1, -0.05) is 12.2 Å². The zero-order valence-corrected chi connectivity index (χ0v) is 13.2. The van der Waals surface area contributed by atoms with Gasteiger partial charge in [0.2, 0.25) is 5.88 Å². The van der Waals surface area contributed by atoms with Crippen molar-refractivity contribution in [3.05, 3.63) is 52.7 Å². The summed E-state index contributed by atoms with van der Waals surface area (Å²) in [6.07, 6.45) is 1.69. The van der Waals surface area contributed by atoms with Gasteiger partial charge < -0.3 is 15.2 Å². The first-order valence-corrected chi connectivity index (χ1v) is 6.95. The standard InChI is InChI=1S/C16H18N2O2S/c1-10-7-13(15(17)21)8-11(2)14(10)20-9-12-5-4-6-18-16(12)19-3/h4-8H,9H2,1-3H3,(H2,17,21). The number of rotatable bonds is 5. The molecular formula is C16H18N2O2S. The van der Waals surface area contributed by atoms with E-state index in [4.69, 9.17) is 27.4 Å². The van der Waals surface area contributed by atoms with Crippen LogP contribution < -0.4 is 15.2 Å². The number of hydrogen-bond donors (Lipinski definition) is 1. The minimum Gasteiger partial charge on any atom is -0.488 e. The number of nitrogens with two attached hydrogens (primary N) is 1. The van der Waals surface area contributed by atoms with Crippen LogP contribution in [0.5, 0.6) is 11.6 Å². The van der Waals surface area contributed by atoms with E-state index >= 15 is 0 Å². The van der Waals surface area contributed by atoms with Crippen LogP contribution in [-0.2, 0) is 6.61 Å².